The van der Waals surface area contributed by atoms with Crippen molar-refractivity contribution in [2.45, 2.75) is 44.2 Å². The van der Waals surface area contributed by atoms with E-state index < -0.39 is 6.04 Å². The number of terminal acetylenes is 1. The first-order valence-corrected chi connectivity index (χ1v) is 5.89. The summed E-state index contributed by atoms with van der Waals surface area (Å²) in [5.41, 5.74) is 5.51. The summed E-state index contributed by atoms with van der Waals surface area (Å²) >= 11 is 0. The Labute approximate surface area is 102 Å². The minimum absolute atomic E-state index is 0.0506. The number of hydrogen-bond donors (Lipinski definition) is 3. The van der Waals surface area contributed by atoms with Gasteiger partial charge in [-0.15, -0.1) is 12.3 Å². The van der Waals surface area contributed by atoms with Crippen LogP contribution < -0.4 is 16.4 Å². The van der Waals surface area contributed by atoms with Gasteiger partial charge in [-0.2, -0.15) is 0 Å². The molecule has 1 saturated carbocycles. The summed E-state index contributed by atoms with van der Waals surface area (Å²) in [5, 5.41) is 5.53. The fraction of sp³-hybridized carbons (Fsp3) is 0.667. The summed E-state index contributed by atoms with van der Waals surface area (Å²) in [6.45, 7) is 0.454. The van der Waals surface area contributed by atoms with Crippen LogP contribution in [0.5, 0.6) is 0 Å². The largest absolute Gasteiger partial charge is 0.355 e. The van der Waals surface area contributed by atoms with Crippen LogP contribution in [0.4, 0.5) is 0 Å². The van der Waals surface area contributed by atoms with Crippen molar-refractivity contribution in [3.05, 3.63) is 0 Å². The Bertz CT molecular complexity index is 318. The van der Waals surface area contributed by atoms with E-state index in [1.54, 1.807) is 0 Å². The molecule has 0 aliphatic heterocycles. The molecule has 1 rings (SSSR count). The Balaban J connectivity index is 2.01. The Hall–Kier alpha value is -1.54. The predicted molar refractivity (Wildman–Crippen MR) is 64.8 cm³/mol. The normalized spacial score (nSPS) is 15.8. The molecular weight excluding hydrogens is 218 g/mol. The van der Waals surface area contributed by atoms with Crippen molar-refractivity contribution in [1.82, 2.24) is 10.6 Å². The third-order valence-corrected chi connectivity index (χ3v) is 2.50. The zero-order valence-corrected chi connectivity index (χ0v) is 9.87. The maximum absolute atomic E-state index is 11.3. The molecule has 2 amide bonds. The molecule has 0 aromatic carbocycles. The van der Waals surface area contributed by atoms with Gasteiger partial charge in [-0.3, -0.25) is 9.59 Å². The molecule has 17 heavy (non-hydrogen) atoms. The summed E-state index contributed by atoms with van der Waals surface area (Å²) in [7, 11) is 0. The molecule has 94 valence electrons. The zero-order valence-electron chi connectivity index (χ0n) is 9.87. The highest BCUT2D eigenvalue weighted by atomic mass is 16.2. The molecule has 5 heteroatoms. The topological polar surface area (TPSA) is 84.2 Å². The average molecular weight is 237 g/mol. The van der Waals surface area contributed by atoms with Crippen LogP contribution in [0.1, 0.15) is 32.1 Å². The van der Waals surface area contributed by atoms with E-state index in [-0.39, 0.29) is 18.2 Å². The second kappa shape index (κ2) is 6.92. The number of amides is 2. The van der Waals surface area contributed by atoms with E-state index in [1.807, 2.05) is 0 Å². The molecule has 0 spiro atoms. The van der Waals surface area contributed by atoms with Crippen LogP contribution in [0.3, 0.4) is 0 Å². The lowest BCUT2D eigenvalue weighted by molar-refractivity contribution is -0.123. The molecular formula is C12H19N3O2. The van der Waals surface area contributed by atoms with E-state index in [9.17, 15) is 9.59 Å². The Morgan fingerprint density at radius 2 is 2.18 bits per heavy atom. The van der Waals surface area contributed by atoms with Crippen LogP contribution >= 0.6 is 0 Å². The molecule has 5 nitrogen and oxygen atoms in total. The molecule has 1 fully saturated rings. The number of nitrogens with two attached hydrogens (primary N) is 1. The number of rotatable bonds is 7. The molecule has 0 radical (unpaired) electrons. The van der Waals surface area contributed by atoms with Gasteiger partial charge in [0, 0.05) is 25.4 Å². The van der Waals surface area contributed by atoms with Crippen LogP contribution in [-0.4, -0.2) is 30.4 Å². The predicted octanol–water partition coefficient (Wildman–Crippen LogP) is -0.488. The SMILES string of the molecule is C#CCC(N)C(=O)NCCCC(=O)NC1CC1. The molecule has 0 aromatic rings. The van der Waals surface area contributed by atoms with Crippen molar-refractivity contribution in [2.24, 2.45) is 5.73 Å². The molecule has 1 atom stereocenters. The first-order valence-electron chi connectivity index (χ1n) is 5.89. The highest BCUT2D eigenvalue weighted by molar-refractivity contribution is 5.81. The first-order chi connectivity index (χ1) is 8.13. The molecule has 4 N–H and O–H groups in total. The average Bonchev–Trinajstić information content (AvgIpc) is 3.08. The third kappa shape index (κ3) is 5.93. The number of nitrogens with one attached hydrogen (secondary N) is 2. The zero-order chi connectivity index (χ0) is 12.7. The van der Waals surface area contributed by atoms with Crippen LogP contribution in [-0.2, 0) is 9.59 Å². The van der Waals surface area contributed by atoms with E-state index in [0.29, 0.717) is 25.4 Å². The van der Waals surface area contributed by atoms with Gasteiger partial charge >= 0.3 is 0 Å². The van der Waals surface area contributed by atoms with Crippen molar-refractivity contribution in [3.63, 3.8) is 0 Å². The fourth-order valence-electron chi connectivity index (χ4n) is 1.34. The van der Waals surface area contributed by atoms with Gasteiger partial charge in [0.25, 0.3) is 0 Å². The quantitative estimate of drug-likeness (QED) is 0.413. The molecule has 0 heterocycles. The lowest BCUT2D eigenvalue weighted by Gasteiger charge is -2.09. The van der Waals surface area contributed by atoms with Crippen LogP contribution in [0, 0.1) is 12.3 Å². The van der Waals surface area contributed by atoms with Crippen LogP contribution in [0.2, 0.25) is 0 Å². The minimum atomic E-state index is -0.653. The van der Waals surface area contributed by atoms with Gasteiger partial charge in [-0.25, -0.2) is 0 Å². The monoisotopic (exact) mass is 237 g/mol. The lowest BCUT2D eigenvalue weighted by atomic mass is 10.2. The molecule has 0 saturated heterocycles. The summed E-state index contributed by atoms with van der Waals surface area (Å²) in [6.07, 6.45) is 8.50. The van der Waals surface area contributed by atoms with E-state index >= 15 is 0 Å². The maximum Gasteiger partial charge on any atom is 0.237 e. The summed E-state index contributed by atoms with van der Waals surface area (Å²) < 4.78 is 0. The van der Waals surface area contributed by atoms with Gasteiger partial charge in [0.1, 0.15) is 0 Å². The van der Waals surface area contributed by atoms with Gasteiger partial charge in [0.15, 0.2) is 0 Å². The number of carbonyl (C=O) groups is 2. The van der Waals surface area contributed by atoms with Gasteiger partial charge in [-0.1, -0.05) is 0 Å². The molecule has 0 bridgehead atoms. The van der Waals surface area contributed by atoms with Gasteiger partial charge in [0.2, 0.25) is 11.8 Å². The lowest BCUT2D eigenvalue weighted by Crippen LogP contribution is -2.40. The second-order valence-corrected chi connectivity index (χ2v) is 4.25. The third-order valence-electron chi connectivity index (χ3n) is 2.50. The van der Waals surface area contributed by atoms with E-state index in [0.717, 1.165) is 12.8 Å². The van der Waals surface area contributed by atoms with E-state index in [1.165, 1.54) is 0 Å². The Morgan fingerprint density at radius 3 is 2.76 bits per heavy atom. The Morgan fingerprint density at radius 1 is 1.47 bits per heavy atom. The number of hydrogen-bond acceptors (Lipinski definition) is 3. The minimum Gasteiger partial charge on any atom is -0.355 e. The van der Waals surface area contributed by atoms with Crippen LogP contribution in [0.25, 0.3) is 0 Å². The standard InChI is InChI=1S/C12H19N3O2/c1-2-4-10(13)12(17)14-8-3-5-11(16)15-9-6-7-9/h1,9-10H,3-8,13H2,(H,14,17)(H,15,16). The smallest absolute Gasteiger partial charge is 0.237 e. The van der Waals surface area contributed by atoms with E-state index in [4.69, 9.17) is 12.2 Å². The van der Waals surface area contributed by atoms with Gasteiger partial charge in [0.05, 0.1) is 6.04 Å². The molecule has 1 aliphatic carbocycles. The Kier molecular flexibility index (Phi) is 5.50. The summed E-state index contributed by atoms with van der Waals surface area (Å²) in [5.74, 6) is 2.13. The second-order valence-electron chi connectivity index (χ2n) is 4.25. The molecule has 1 aliphatic rings. The number of carbonyl (C=O) groups excluding carboxylic acids is 2. The first kappa shape index (κ1) is 13.5. The molecule has 0 aromatic heterocycles. The fourth-order valence-corrected chi connectivity index (χ4v) is 1.34. The van der Waals surface area contributed by atoms with Crippen molar-refractivity contribution in [1.29, 1.82) is 0 Å². The summed E-state index contributed by atoms with van der Waals surface area (Å²) in [6, 6.07) is -0.263. The van der Waals surface area contributed by atoms with Crippen molar-refractivity contribution < 1.29 is 9.59 Å². The highest BCUT2D eigenvalue weighted by Gasteiger charge is 2.22. The van der Waals surface area contributed by atoms with Gasteiger partial charge in [-0.05, 0) is 19.3 Å². The highest BCUT2D eigenvalue weighted by Crippen LogP contribution is 2.18. The van der Waals surface area contributed by atoms with Gasteiger partial charge < -0.3 is 16.4 Å². The van der Waals surface area contributed by atoms with Crippen molar-refractivity contribution >= 4 is 11.8 Å². The van der Waals surface area contributed by atoms with Crippen molar-refractivity contribution in [2.75, 3.05) is 6.54 Å². The maximum atomic E-state index is 11.3. The van der Waals surface area contributed by atoms with Crippen molar-refractivity contribution in [3.8, 4) is 12.3 Å². The molecule has 1 unspecified atom stereocenters. The summed E-state index contributed by atoms with van der Waals surface area (Å²) in [4.78, 5) is 22.6. The van der Waals surface area contributed by atoms with Crippen LogP contribution in [0.15, 0.2) is 0 Å². The van der Waals surface area contributed by atoms with E-state index in [2.05, 4.69) is 16.6 Å².